The van der Waals surface area contributed by atoms with Crippen molar-refractivity contribution in [2.75, 3.05) is 5.73 Å². The van der Waals surface area contributed by atoms with Gasteiger partial charge in [-0.1, -0.05) is 0 Å². The first-order valence-corrected chi connectivity index (χ1v) is 4.11. The van der Waals surface area contributed by atoms with Gasteiger partial charge in [0.1, 0.15) is 0 Å². The summed E-state index contributed by atoms with van der Waals surface area (Å²) in [6.45, 7) is 1.47. The molecule has 0 saturated carbocycles. The number of alkyl halides is 3. The fraction of sp³-hybridized carbons (Fsp3) is 0.286. The summed E-state index contributed by atoms with van der Waals surface area (Å²) in [4.78, 5) is 3.35. The number of nitrogens with zero attached hydrogens (tertiary/aromatic N) is 1. The fourth-order valence-corrected chi connectivity index (χ4v) is 1.16. The topological polar surface area (TPSA) is 38.9 Å². The molecule has 6 heteroatoms. The van der Waals surface area contributed by atoms with E-state index in [-0.39, 0.29) is 11.4 Å². The Morgan fingerprint density at radius 3 is 2.46 bits per heavy atom. The minimum Gasteiger partial charge on any atom is -0.397 e. The number of pyridine rings is 1. The van der Waals surface area contributed by atoms with E-state index in [0.29, 0.717) is 4.47 Å². The number of aryl methyl sites for hydroxylation is 1. The summed E-state index contributed by atoms with van der Waals surface area (Å²) in [5, 5.41) is 0. The zero-order valence-corrected chi connectivity index (χ0v) is 8.20. The van der Waals surface area contributed by atoms with E-state index in [1.54, 1.807) is 0 Å². The normalized spacial score (nSPS) is 11.8. The van der Waals surface area contributed by atoms with Crippen LogP contribution in [0.4, 0.5) is 18.9 Å². The second-order valence-electron chi connectivity index (χ2n) is 2.49. The third-order valence-electron chi connectivity index (χ3n) is 1.45. The molecule has 72 valence electrons. The largest absolute Gasteiger partial charge is 0.435 e. The molecular formula is C7H6BrF3N2. The van der Waals surface area contributed by atoms with Gasteiger partial charge in [-0.05, 0) is 28.9 Å². The van der Waals surface area contributed by atoms with Crippen LogP contribution in [0.15, 0.2) is 10.5 Å². The molecule has 2 nitrogen and oxygen atoms in total. The zero-order chi connectivity index (χ0) is 10.2. The third-order valence-corrected chi connectivity index (χ3v) is 2.25. The van der Waals surface area contributed by atoms with Gasteiger partial charge in [0, 0.05) is 4.47 Å². The average molecular weight is 255 g/mol. The molecule has 0 aliphatic heterocycles. The first kappa shape index (κ1) is 10.3. The van der Waals surface area contributed by atoms with Crippen molar-refractivity contribution in [1.29, 1.82) is 0 Å². The highest BCUT2D eigenvalue weighted by molar-refractivity contribution is 9.10. The lowest BCUT2D eigenvalue weighted by Crippen LogP contribution is -2.12. The molecule has 0 bridgehead atoms. The summed E-state index contributed by atoms with van der Waals surface area (Å²) in [6, 6.07) is 1.20. The molecule has 0 aromatic carbocycles. The molecule has 0 fully saturated rings. The Kier molecular flexibility index (Phi) is 2.51. The molecule has 1 aromatic rings. The Labute approximate surface area is 81.1 Å². The summed E-state index contributed by atoms with van der Waals surface area (Å²) in [5.74, 6) is 0. The van der Waals surface area contributed by atoms with Crippen molar-refractivity contribution < 1.29 is 13.2 Å². The number of rotatable bonds is 0. The number of hydrogen-bond donors (Lipinski definition) is 1. The highest BCUT2D eigenvalue weighted by Crippen LogP contribution is 2.33. The molecule has 13 heavy (non-hydrogen) atoms. The number of hydrogen-bond acceptors (Lipinski definition) is 2. The van der Waals surface area contributed by atoms with Crippen molar-refractivity contribution in [1.82, 2.24) is 4.98 Å². The van der Waals surface area contributed by atoms with Gasteiger partial charge in [0.15, 0.2) is 5.69 Å². The maximum Gasteiger partial charge on any atom is 0.435 e. The third kappa shape index (κ3) is 2.12. The van der Waals surface area contributed by atoms with Crippen molar-refractivity contribution in [3.8, 4) is 0 Å². The van der Waals surface area contributed by atoms with E-state index in [0.717, 1.165) is 0 Å². The quantitative estimate of drug-likeness (QED) is 0.774. The molecule has 0 radical (unpaired) electrons. The predicted molar refractivity (Wildman–Crippen MR) is 46.1 cm³/mol. The van der Waals surface area contributed by atoms with E-state index < -0.39 is 11.9 Å². The van der Waals surface area contributed by atoms with Gasteiger partial charge in [0.25, 0.3) is 0 Å². The van der Waals surface area contributed by atoms with E-state index in [4.69, 9.17) is 5.73 Å². The second kappa shape index (κ2) is 3.17. The first-order valence-electron chi connectivity index (χ1n) is 3.32. The molecule has 0 spiro atoms. The molecule has 1 rings (SSSR count). The van der Waals surface area contributed by atoms with Crippen LogP contribution in [0.2, 0.25) is 0 Å². The van der Waals surface area contributed by atoms with Crippen molar-refractivity contribution in [3.63, 3.8) is 0 Å². The lowest BCUT2D eigenvalue weighted by molar-refractivity contribution is -0.140. The minimum atomic E-state index is -4.49. The van der Waals surface area contributed by atoms with Gasteiger partial charge in [-0.15, -0.1) is 0 Å². The lowest BCUT2D eigenvalue weighted by atomic mass is 10.2. The molecule has 0 aliphatic carbocycles. The first-order chi connectivity index (χ1) is 5.82. The number of nitrogen functional groups attached to an aromatic ring is 1. The highest BCUT2D eigenvalue weighted by Gasteiger charge is 2.35. The van der Waals surface area contributed by atoms with Gasteiger partial charge < -0.3 is 5.73 Å². The van der Waals surface area contributed by atoms with Crippen LogP contribution in [-0.2, 0) is 6.18 Å². The van der Waals surface area contributed by atoms with Crippen LogP contribution in [0.25, 0.3) is 0 Å². The molecule has 1 aromatic heterocycles. The predicted octanol–water partition coefficient (Wildman–Crippen LogP) is 2.75. The zero-order valence-electron chi connectivity index (χ0n) is 6.61. The Morgan fingerprint density at radius 1 is 1.46 bits per heavy atom. The average Bonchev–Trinajstić information content (AvgIpc) is 1.94. The molecule has 1 heterocycles. The summed E-state index contributed by atoms with van der Waals surface area (Å²) >= 11 is 3.04. The van der Waals surface area contributed by atoms with Gasteiger partial charge >= 0.3 is 6.18 Å². The molecule has 0 aliphatic rings. The number of aromatic nitrogens is 1. The second-order valence-corrected chi connectivity index (χ2v) is 3.35. The summed E-state index contributed by atoms with van der Waals surface area (Å²) < 4.78 is 37.1. The van der Waals surface area contributed by atoms with Crippen LogP contribution in [0, 0.1) is 6.92 Å². The molecular weight excluding hydrogens is 249 g/mol. The van der Waals surface area contributed by atoms with Gasteiger partial charge in [0.05, 0.1) is 11.4 Å². The van der Waals surface area contributed by atoms with Gasteiger partial charge in [-0.2, -0.15) is 13.2 Å². The lowest BCUT2D eigenvalue weighted by Gasteiger charge is -2.10. The van der Waals surface area contributed by atoms with Crippen LogP contribution >= 0.6 is 15.9 Å². The van der Waals surface area contributed by atoms with Crippen LogP contribution in [0.3, 0.4) is 0 Å². The fourth-order valence-electron chi connectivity index (χ4n) is 0.822. The minimum absolute atomic E-state index is 0.265. The number of nitrogens with two attached hydrogens (primary N) is 1. The van der Waals surface area contributed by atoms with E-state index in [2.05, 4.69) is 20.9 Å². The van der Waals surface area contributed by atoms with Gasteiger partial charge in [0.2, 0.25) is 0 Å². The van der Waals surface area contributed by atoms with Gasteiger partial charge in [-0.25, -0.2) is 4.98 Å². The number of anilines is 1. The Hall–Kier alpha value is -0.780. The molecule has 0 unspecified atom stereocenters. The maximum atomic E-state index is 12.2. The Balaban J connectivity index is 3.32. The van der Waals surface area contributed by atoms with Crippen LogP contribution < -0.4 is 5.73 Å². The molecule has 0 saturated heterocycles. The van der Waals surface area contributed by atoms with Gasteiger partial charge in [-0.3, -0.25) is 0 Å². The van der Waals surface area contributed by atoms with Crippen molar-refractivity contribution in [3.05, 3.63) is 21.9 Å². The van der Waals surface area contributed by atoms with Crippen LogP contribution in [-0.4, -0.2) is 4.98 Å². The Bertz CT molecular complexity index is 335. The summed E-state index contributed by atoms with van der Waals surface area (Å²) in [7, 11) is 0. The summed E-state index contributed by atoms with van der Waals surface area (Å²) in [6.07, 6.45) is -4.49. The molecule has 0 atom stereocenters. The molecule has 2 N–H and O–H groups in total. The standard InChI is InChI=1S/C7H6BrF3N2/c1-3-4(8)2-5(12)6(13-3)7(9,10)11/h2H,12H2,1H3. The maximum absolute atomic E-state index is 12.2. The Morgan fingerprint density at radius 2 is 2.00 bits per heavy atom. The van der Waals surface area contributed by atoms with Crippen LogP contribution in [0.5, 0.6) is 0 Å². The van der Waals surface area contributed by atoms with Crippen molar-refractivity contribution >= 4 is 21.6 Å². The molecule has 0 amide bonds. The van der Waals surface area contributed by atoms with E-state index in [1.165, 1.54) is 13.0 Å². The van der Waals surface area contributed by atoms with Crippen molar-refractivity contribution in [2.24, 2.45) is 0 Å². The van der Waals surface area contributed by atoms with E-state index >= 15 is 0 Å². The monoisotopic (exact) mass is 254 g/mol. The van der Waals surface area contributed by atoms with E-state index in [1.807, 2.05) is 0 Å². The number of halogens is 4. The highest BCUT2D eigenvalue weighted by atomic mass is 79.9. The van der Waals surface area contributed by atoms with E-state index in [9.17, 15) is 13.2 Å². The van der Waals surface area contributed by atoms with Crippen LogP contribution in [0.1, 0.15) is 11.4 Å². The SMILES string of the molecule is Cc1nc(C(F)(F)F)c(N)cc1Br. The smallest absolute Gasteiger partial charge is 0.397 e. The summed E-state index contributed by atoms with van der Waals surface area (Å²) in [5.41, 5.74) is 4.02. The van der Waals surface area contributed by atoms with Crippen molar-refractivity contribution in [2.45, 2.75) is 13.1 Å².